The quantitative estimate of drug-likeness (QED) is 0.402. The van der Waals surface area contributed by atoms with Crippen LogP contribution < -0.4 is 0 Å². The van der Waals surface area contributed by atoms with Gasteiger partial charge in [0.2, 0.25) is 0 Å². The molecule has 0 nitrogen and oxygen atoms in total. The van der Waals surface area contributed by atoms with Crippen molar-refractivity contribution < 1.29 is 0 Å². The van der Waals surface area contributed by atoms with Crippen LogP contribution in [0.25, 0.3) is 0 Å². The monoisotopic (exact) mass is 370 g/mol. The van der Waals surface area contributed by atoms with Gasteiger partial charge >= 0.3 is 92.4 Å². The minimum atomic E-state index is -0.839. The fourth-order valence-electron chi connectivity index (χ4n) is 2.13. The van der Waals surface area contributed by atoms with Crippen molar-refractivity contribution in [2.24, 2.45) is 0 Å². The van der Waals surface area contributed by atoms with E-state index in [2.05, 4.69) is 39.8 Å². The van der Waals surface area contributed by atoms with Gasteiger partial charge in [0.1, 0.15) is 0 Å². The van der Waals surface area contributed by atoms with Crippen LogP contribution in [0.15, 0.2) is 23.8 Å². The normalized spacial score (nSPS) is 13.4. The summed E-state index contributed by atoms with van der Waals surface area (Å²) < 4.78 is 5.04. The Morgan fingerprint density at radius 2 is 1.32 bits per heavy atom. The first-order valence-electron chi connectivity index (χ1n) is 8.26. The van der Waals surface area contributed by atoms with Crippen LogP contribution in [-0.2, 0) is 0 Å². The Morgan fingerprint density at radius 3 is 1.53 bits per heavy atom. The molecule has 0 saturated carbocycles. The molecule has 0 N–H and O–H groups in total. The molecule has 0 aromatic heterocycles. The molecule has 0 saturated heterocycles. The number of allylic oxidation sites excluding steroid dienone is 4. The summed E-state index contributed by atoms with van der Waals surface area (Å²) in [6.07, 6.45) is 17.1. The van der Waals surface area contributed by atoms with E-state index in [9.17, 15) is 0 Å². The van der Waals surface area contributed by atoms with Crippen molar-refractivity contribution in [3.05, 3.63) is 30.2 Å². The Kier molecular flexibility index (Phi) is 14.9. The van der Waals surface area contributed by atoms with Crippen LogP contribution in [0.2, 0.25) is 13.3 Å². The number of rotatable bonds is 9. The van der Waals surface area contributed by atoms with E-state index in [0.717, 1.165) is 0 Å². The zero-order valence-corrected chi connectivity index (χ0v) is 16.5. The molecule has 0 aliphatic heterocycles. The van der Waals surface area contributed by atoms with Crippen LogP contribution in [0, 0.1) is 6.42 Å². The van der Waals surface area contributed by atoms with Crippen LogP contribution in [0.1, 0.15) is 66.2 Å². The first-order chi connectivity index (χ1) is 9.24. The molecule has 0 heterocycles. The van der Waals surface area contributed by atoms with Gasteiger partial charge in [-0.05, 0) is 6.92 Å². The zero-order valence-electron chi connectivity index (χ0n) is 13.7. The van der Waals surface area contributed by atoms with E-state index >= 15 is 0 Å². The van der Waals surface area contributed by atoms with Gasteiger partial charge in [0.25, 0.3) is 0 Å². The standard InChI is InChI=1S/C6H7.3C4H9.Sn/c1-6-4-2-3-5-6;3*1-3-4-2;/h2-5H,1H3;3*1,3-4H2,2H3;. The predicted octanol–water partition coefficient (Wildman–Crippen LogP) is 6.59. The second kappa shape index (κ2) is 14.7. The van der Waals surface area contributed by atoms with Crippen molar-refractivity contribution in [2.75, 3.05) is 0 Å². The molecular weight excluding hydrogens is 335 g/mol. The summed E-state index contributed by atoms with van der Waals surface area (Å²) in [7, 11) is 0. The van der Waals surface area contributed by atoms with Crippen molar-refractivity contribution in [3.8, 4) is 0 Å². The van der Waals surface area contributed by atoms with Gasteiger partial charge in [-0.2, -0.15) is 0 Å². The van der Waals surface area contributed by atoms with Crippen LogP contribution in [0.3, 0.4) is 0 Å². The molecule has 110 valence electrons. The summed E-state index contributed by atoms with van der Waals surface area (Å²) >= 11 is -0.839. The molecule has 1 aliphatic rings. The van der Waals surface area contributed by atoms with Crippen LogP contribution in [0.5, 0.6) is 0 Å². The van der Waals surface area contributed by atoms with Crippen molar-refractivity contribution in [2.45, 2.75) is 79.5 Å². The number of hydrogen-bond acceptors (Lipinski definition) is 0. The molecule has 0 spiro atoms. The predicted molar refractivity (Wildman–Crippen MR) is 92.1 cm³/mol. The summed E-state index contributed by atoms with van der Waals surface area (Å²) in [5.74, 6) is 0. The molecule has 1 aliphatic carbocycles. The summed E-state index contributed by atoms with van der Waals surface area (Å²) in [6.45, 7) is 9.08. The van der Waals surface area contributed by atoms with E-state index in [0.29, 0.717) is 0 Å². The topological polar surface area (TPSA) is 0 Å². The molecule has 0 aromatic rings. The number of unbranched alkanes of at least 4 members (excludes halogenated alkanes) is 3. The summed E-state index contributed by atoms with van der Waals surface area (Å²) in [5, 5.41) is 0. The van der Waals surface area contributed by atoms with E-state index in [4.69, 9.17) is 0 Å². The van der Waals surface area contributed by atoms with E-state index in [-0.39, 0.29) is 0 Å². The van der Waals surface area contributed by atoms with Crippen molar-refractivity contribution >= 4 is 19.8 Å². The van der Waals surface area contributed by atoms with Crippen molar-refractivity contribution in [1.82, 2.24) is 0 Å². The summed E-state index contributed by atoms with van der Waals surface area (Å²) in [5.41, 5.74) is 1.34. The SMILES string of the molecule is CC1=C[CH]C=C1.CCC[CH2][Sn]([CH2]CCC)[CH2]CCC. The summed E-state index contributed by atoms with van der Waals surface area (Å²) in [4.78, 5) is 0. The molecular formula is C18H34Sn. The third-order valence-corrected chi connectivity index (χ3v) is 12.6. The molecule has 0 atom stereocenters. The van der Waals surface area contributed by atoms with E-state index in [1.165, 1.54) is 44.1 Å². The maximum atomic E-state index is 2.33. The fourth-order valence-corrected chi connectivity index (χ4v) is 11.6. The van der Waals surface area contributed by atoms with Crippen LogP contribution in [0.4, 0.5) is 0 Å². The average molecular weight is 369 g/mol. The maximum absolute atomic E-state index is 2.33. The Morgan fingerprint density at radius 1 is 0.842 bits per heavy atom. The third-order valence-electron chi connectivity index (χ3n) is 3.48. The van der Waals surface area contributed by atoms with E-state index < -0.39 is 19.8 Å². The summed E-state index contributed by atoms with van der Waals surface area (Å²) in [6, 6.07) is 0. The molecule has 0 amide bonds. The Balaban J connectivity index is 0.000000443. The fraction of sp³-hybridized carbons (Fsp3) is 0.722. The molecule has 0 unspecified atom stereocenters. The molecule has 0 aromatic carbocycles. The van der Waals surface area contributed by atoms with Gasteiger partial charge in [-0.25, -0.2) is 0 Å². The van der Waals surface area contributed by atoms with Gasteiger partial charge in [-0.1, -0.05) is 23.8 Å². The van der Waals surface area contributed by atoms with Gasteiger partial charge in [0.05, 0.1) is 0 Å². The van der Waals surface area contributed by atoms with Crippen LogP contribution >= 0.6 is 0 Å². The third kappa shape index (κ3) is 13.0. The molecule has 1 rings (SSSR count). The molecule has 0 fully saturated rings. The number of hydrogen-bond donors (Lipinski definition) is 0. The van der Waals surface area contributed by atoms with Gasteiger partial charge in [-0.15, -0.1) is 0 Å². The van der Waals surface area contributed by atoms with Crippen molar-refractivity contribution in [3.63, 3.8) is 0 Å². The van der Waals surface area contributed by atoms with E-state index in [1.807, 2.05) is 12.5 Å². The Hall–Kier alpha value is 0.279. The molecule has 1 heteroatoms. The van der Waals surface area contributed by atoms with E-state index in [1.54, 1.807) is 13.3 Å². The van der Waals surface area contributed by atoms with Crippen molar-refractivity contribution in [1.29, 1.82) is 0 Å². The molecule has 2 radical (unpaired) electrons. The molecule has 0 bridgehead atoms. The zero-order chi connectivity index (χ0) is 14.3. The first kappa shape index (κ1) is 19.3. The van der Waals surface area contributed by atoms with Gasteiger partial charge in [0.15, 0.2) is 0 Å². The second-order valence-corrected chi connectivity index (χ2v) is 14.1. The first-order valence-corrected chi connectivity index (χ1v) is 14.3. The van der Waals surface area contributed by atoms with Gasteiger partial charge in [-0.3, -0.25) is 0 Å². The second-order valence-electron chi connectivity index (χ2n) is 5.52. The van der Waals surface area contributed by atoms with Gasteiger partial charge < -0.3 is 0 Å². The minimum absolute atomic E-state index is 0.839. The molecule has 19 heavy (non-hydrogen) atoms. The van der Waals surface area contributed by atoms with Crippen LogP contribution in [-0.4, -0.2) is 19.8 Å². The Bertz CT molecular complexity index is 218. The Labute approximate surface area is 129 Å². The average Bonchev–Trinajstić information content (AvgIpc) is 2.90. The van der Waals surface area contributed by atoms with Gasteiger partial charge in [0, 0.05) is 6.42 Å².